The first-order valence-corrected chi connectivity index (χ1v) is 8.56. The molecule has 0 aliphatic carbocycles. The molecule has 2 rings (SSSR count). The zero-order valence-electron chi connectivity index (χ0n) is 13.6. The van der Waals surface area contributed by atoms with Crippen molar-refractivity contribution in [2.45, 2.75) is 20.8 Å². The molecule has 0 bridgehead atoms. The second kappa shape index (κ2) is 7.45. The summed E-state index contributed by atoms with van der Waals surface area (Å²) in [7, 11) is -2.09. The molecule has 0 fully saturated rings. The molecular weight excluding hydrogens is 307 g/mol. The SMILES string of the molecule is C=CCO[P+](=O)c1ccccc1C(=O)c1c(C)cc(C)cc1C. The van der Waals surface area contributed by atoms with Crippen LogP contribution in [0.2, 0.25) is 0 Å². The highest BCUT2D eigenvalue weighted by atomic mass is 31.1. The smallest absolute Gasteiger partial charge is 0.288 e. The third-order valence-electron chi connectivity index (χ3n) is 3.56. The van der Waals surface area contributed by atoms with Gasteiger partial charge < -0.3 is 0 Å². The van der Waals surface area contributed by atoms with Crippen LogP contribution >= 0.6 is 8.03 Å². The Labute approximate surface area is 137 Å². The van der Waals surface area contributed by atoms with Crippen LogP contribution in [0.25, 0.3) is 0 Å². The van der Waals surface area contributed by atoms with Gasteiger partial charge >= 0.3 is 8.03 Å². The molecule has 0 aliphatic rings. The van der Waals surface area contributed by atoms with Gasteiger partial charge in [-0.15, -0.1) is 11.1 Å². The summed E-state index contributed by atoms with van der Waals surface area (Å²) < 4.78 is 17.5. The Hall–Kier alpha value is -2.09. The van der Waals surface area contributed by atoms with E-state index in [0.29, 0.717) is 16.4 Å². The molecule has 118 valence electrons. The quantitative estimate of drug-likeness (QED) is 0.448. The zero-order valence-corrected chi connectivity index (χ0v) is 14.5. The van der Waals surface area contributed by atoms with Crippen LogP contribution in [0.3, 0.4) is 0 Å². The number of rotatable bonds is 6. The molecular formula is C19H20O3P+. The molecule has 4 heteroatoms. The molecule has 0 heterocycles. The molecule has 0 aliphatic heterocycles. The predicted octanol–water partition coefficient (Wildman–Crippen LogP) is 4.41. The first kappa shape index (κ1) is 17.3. The molecule has 0 saturated carbocycles. The summed E-state index contributed by atoms with van der Waals surface area (Å²) in [4.78, 5) is 13.0. The topological polar surface area (TPSA) is 43.4 Å². The van der Waals surface area contributed by atoms with Gasteiger partial charge in [-0.05, 0) is 48.6 Å². The van der Waals surface area contributed by atoms with Gasteiger partial charge in [0.25, 0.3) is 0 Å². The van der Waals surface area contributed by atoms with Crippen molar-refractivity contribution in [3.8, 4) is 0 Å². The van der Waals surface area contributed by atoms with Gasteiger partial charge in [0.15, 0.2) is 5.78 Å². The normalized spacial score (nSPS) is 11.2. The number of carbonyl (C=O) groups excluding carboxylic acids is 1. The lowest BCUT2D eigenvalue weighted by Crippen LogP contribution is -2.16. The third kappa shape index (κ3) is 3.82. The van der Waals surface area contributed by atoms with Gasteiger partial charge in [-0.3, -0.25) is 4.79 Å². The van der Waals surface area contributed by atoms with Crippen molar-refractivity contribution in [1.82, 2.24) is 0 Å². The third-order valence-corrected chi connectivity index (χ3v) is 4.73. The lowest BCUT2D eigenvalue weighted by atomic mass is 9.93. The second-order valence-corrected chi connectivity index (χ2v) is 6.72. The molecule has 23 heavy (non-hydrogen) atoms. The maximum atomic E-state index is 13.0. The number of hydrogen-bond donors (Lipinski definition) is 0. The van der Waals surface area contributed by atoms with E-state index in [1.807, 2.05) is 32.9 Å². The van der Waals surface area contributed by atoms with E-state index >= 15 is 0 Å². The van der Waals surface area contributed by atoms with E-state index in [-0.39, 0.29) is 12.4 Å². The van der Waals surface area contributed by atoms with E-state index < -0.39 is 8.03 Å². The zero-order chi connectivity index (χ0) is 17.0. The standard InChI is InChI=1S/C19H20O3P/c1-5-10-22-23(21)17-9-7-6-8-16(17)19(20)18-14(3)11-13(2)12-15(18)4/h5-9,11-12H,1,10H2,2-4H3/q+1. The van der Waals surface area contributed by atoms with Crippen LogP contribution in [-0.4, -0.2) is 12.4 Å². The van der Waals surface area contributed by atoms with Gasteiger partial charge in [0.2, 0.25) is 5.30 Å². The van der Waals surface area contributed by atoms with E-state index in [1.165, 1.54) is 6.08 Å². The van der Waals surface area contributed by atoms with Gasteiger partial charge in [0.05, 0.1) is 5.56 Å². The van der Waals surface area contributed by atoms with E-state index in [2.05, 4.69) is 6.58 Å². The Morgan fingerprint density at radius 3 is 2.39 bits per heavy atom. The number of carbonyl (C=O) groups is 1. The lowest BCUT2D eigenvalue weighted by Gasteiger charge is -2.10. The van der Waals surface area contributed by atoms with E-state index in [9.17, 15) is 9.36 Å². The van der Waals surface area contributed by atoms with Gasteiger partial charge in [-0.1, -0.05) is 35.9 Å². The predicted molar refractivity (Wildman–Crippen MR) is 93.9 cm³/mol. The Balaban J connectivity index is 2.49. The molecule has 0 aromatic heterocycles. The largest absolute Gasteiger partial charge is 0.549 e. The molecule has 1 unspecified atom stereocenters. The highest BCUT2D eigenvalue weighted by molar-refractivity contribution is 7.48. The molecule has 0 N–H and O–H groups in total. The Kier molecular flexibility index (Phi) is 5.59. The Morgan fingerprint density at radius 2 is 1.78 bits per heavy atom. The maximum absolute atomic E-state index is 13.0. The van der Waals surface area contributed by atoms with Crippen molar-refractivity contribution in [1.29, 1.82) is 0 Å². The summed E-state index contributed by atoms with van der Waals surface area (Å²) in [6, 6.07) is 10.9. The van der Waals surface area contributed by atoms with Gasteiger partial charge in [-0.25, -0.2) is 0 Å². The summed E-state index contributed by atoms with van der Waals surface area (Å²) in [5, 5.41) is 0.425. The van der Waals surface area contributed by atoms with Crippen LogP contribution in [0.1, 0.15) is 32.6 Å². The molecule has 0 amide bonds. The molecule has 0 radical (unpaired) electrons. The average molecular weight is 327 g/mol. The number of hydrogen-bond acceptors (Lipinski definition) is 3. The molecule has 2 aromatic rings. The maximum Gasteiger partial charge on any atom is 0.549 e. The first-order valence-electron chi connectivity index (χ1n) is 7.38. The lowest BCUT2D eigenvalue weighted by molar-refractivity contribution is 0.103. The van der Waals surface area contributed by atoms with Crippen LogP contribution in [-0.2, 0) is 9.09 Å². The highest BCUT2D eigenvalue weighted by Gasteiger charge is 2.30. The van der Waals surface area contributed by atoms with E-state index in [0.717, 1.165) is 16.7 Å². The summed E-state index contributed by atoms with van der Waals surface area (Å²) in [5.41, 5.74) is 4.04. The molecule has 1 atom stereocenters. The number of ketones is 1. The Bertz CT molecular complexity index is 755. The van der Waals surface area contributed by atoms with Crippen molar-refractivity contribution >= 4 is 19.1 Å². The van der Waals surface area contributed by atoms with Crippen molar-refractivity contribution < 1.29 is 13.9 Å². The van der Waals surface area contributed by atoms with Crippen LogP contribution < -0.4 is 5.30 Å². The fourth-order valence-electron chi connectivity index (χ4n) is 2.69. The fourth-order valence-corrected chi connectivity index (χ4v) is 3.65. The molecule has 3 nitrogen and oxygen atoms in total. The number of benzene rings is 2. The van der Waals surface area contributed by atoms with Crippen molar-refractivity contribution in [2.24, 2.45) is 0 Å². The van der Waals surface area contributed by atoms with Crippen LogP contribution in [0.15, 0.2) is 49.1 Å². The summed E-state index contributed by atoms with van der Waals surface area (Å²) in [6.07, 6.45) is 1.53. The van der Waals surface area contributed by atoms with Gasteiger partial charge in [0.1, 0.15) is 6.61 Å². The fraction of sp³-hybridized carbons (Fsp3) is 0.211. The van der Waals surface area contributed by atoms with Crippen molar-refractivity contribution in [2.75, 3.05) is 6.61 Å². The van der Waals surface area contributed by atoms with Crippen LogP contribution in [0.5, 0.6) is 0 Å². The average Bonchev–Trinajstić information content (AvgIpc) is 2.51. The van der Waals surface area contributed by atoms with Crippen molar-refractivity contribution in [3.05, 3.63) is 76.9 Å². The monoisotopic (exact) mass is 327 g/mol. The summed E-state index contributed by atoms with van der Waals surface area (Å²) in [5.74, 6) is -0.124. The minimum absolute atomic E-state index is 0.124. The highest BCUT2D eigenvalue weighted by Crippen LogP contribution is 2.26. The first-order chi connectivity index (χ1) is 11.0. The van der Waals surface area contributed by atoms with E-state index in [4.69, 9.17) is 4.52 Å². The van der Waals surface area contributed by atoms with Crippen LogP contribution in [0.4, 0.5) is 0 Å². The molecule has 0 spiro atoms. The molecule has 2 aromatic carbocycles. The second-order valence-electron chi connectivity index (χ2n) is 5.46. The Morgan fingerprint density at radius 1 is 1.17 bits per heavy atom. The summed E-state index contributed by atoms with van der Waals surface area (Å²) in [6.45, 7) is 9.57. The minimum Gasteiger partial charge on any atom is -0.288 e. The molecule has 0 saturated heterocycles. The van der Waals surface area contributed by atoms with Crippen molar-refractivity contribution in [3.63, 3.8) is 0 Å². The van der Waals surface area contributed by atoms with Gasteiger partial charge in [-0.2, -0.15) is 0 Å². The minimum atomic E-state index is -2.09. The summed E-state index contributed by atoms with van der Waals surface area (Å²) >= 11 is 0. The van der Waals surface area contributed by atoms with Gasteiger partial charge in [0, 0.05) is 5.56 Å². The number of aryl methyl sites for hydroxylation is 3. The van der Waals surface area contributed by atoms with E-state index in [1.54, 1.807) is 24.3 Å². The van der Waals surface area contributed by atoms with Crippen LogP contribution in [0, 0.1) is 20.8 Å².